The molecule has 0 spiro atoms. The van der Waals surface area contributed by atoms with Crippen molar-refractivity contribution in [2.24, 2.45) is 11.1 Å². The van der Waals surface area contributed by atoms with Gasteiger partial charge in [0.1, 0.15) is 4.88 Å². The highest BCUT2D eigenvalue weighted by molar-refractivity contribution is 9.10. The summed E-state index contributed by atoms with van der Waals surface area (Å²) in [4.78, 5) is 16.4. The van der Waals surface area contributed by atoms with Gasteiger partial charge in [0.15, 0.2) is 5.75 Å². The molecule has 0 saturated carbocycles. The van der Waals surface area contributed by atoms with E-state index in [-0.39, 0.29) is 17.4 Å². The molecule has 1 amide bonds. The maximum absolute atomic E-state index is 12.7. The van der Waals surface area contributed by atoms with Crippen LogP contribution in [0.25, 0.3) is 0 Å². The lowest BCUT2D eigenvalue weighted by atomic mass is 9.79. The molecule has 2 N–H and O–H groups in total. The third-order valence-electron chi connectivity index (χ3n) is 3.97. The molecule has 0 radical (unpaired) electrons. The second-order valence-electron chi connectivity index (χ2n) is 5.95. The number of hydrogen-bond acceptors (Lipinski definition) is 4. The van der Waals surface area contributed by atoms with Gasteiger partial charge in [-0.05, 0) is 34.7 Å². The Morgan fingerprint density at radius 3 is 2.75 bits per heavy atom. The number of nitrogens with zero attached hydrogens (tertiary/aromatic N) is 1. The molecule has 1 aliphatic heterocycles. The van der Waals surface area contributed by atoms with Crippen LogP contribution in [0.3, 0.4) is 0 Å². The van der Waals surface area contributed by atoms with E-state index in [2.05, 4.69) is 29.8 Å². The molecule has 0 aromatic carbocycles. The monoisotopic (exact) mass is 360 g/mol. The molecule has 0 bridgehead atoms. The van der Waals surface area contributed by atoms with Gasteiger partial charge in [0.2, 0.25) is 0 Å². The van der Waals surface area contributed by atoms with E-state index in [0.29, 0.717) is 23.7 Å². The van der Waals surface area contributed by atoms with E-state index in [9.17, 15) is 4.79 Å². The molecule has 2 heterocycles. The van der Waals surface area contributed by atoms with Gasteiger partial charge in [-0.25, -0.2) is 0 Å². The van der Waals surface area contributed by atoms with E-state index in [1.54, 1.807) is 7.11 Å². The van der Waals surface area contributed by atoms with Crippen LogP contribution in [-0.4, -0.2) is 37.0 Å². The van der Waals surface area contributed by atoms with Crippen LogP contribution in [0.2, 0.25) is 0 Å². The molecule has 2 rings (SSSR count). The van der Waals surface area contributed by atoms with Crippen molar-refractivity contribution in [2.45, 2.75) is 33.2 Å². The van der Waals surface area contributed by atoms with E-state index in [4.69, 9.17) is 10.5 Å². The third kappa shape index (κ3) is 2.73. The summed E-state index contributed by atoms with van der Waals surface area (Å²) in [6, 6.07) is 0.144. The third-order valence-corrected chi connectivity index (χ3v) is 6.26. The zero-order valence-corrected chi connectivity index (χ0v) is 14.7. The average Bonchev–Trinajstić information content (AvgIpc) is 2.67. The Labute approximate surface area is 132 Å². The number of halogens is 1. The van der Waals surface area contributed by atoms with Gasteiger partial charge in [-0.1, -0.05) is 13.8 Å². The van der Waals surface area contributed by atoms with Gasteiger partial charge in [0.25, 0.3) is 5.91 Å². The van der Waals surface area contributed by atoms with E-state index < -0.39 is 0 Å². The first-order chi connectivity index (χ1) is 9.27. The van der Waals surface area contributed by atoms with Crippen molar-refractivity contribution >= 4 is 33.2 Å². The van der Waals surface area contributed by atoms with E-state index in [1.165, 1.54) is 11.3 Å². The average molecular weight is 361 g/mol. The van der Waals surface area contributed by atoms with Crippen molar-refractivity contribution in [3.05, 3.63) is 14.2 Å². The predicted octanol–water partition coefficient (Wildman–Crippen LogP) is 3.03. The molecule has 1 fully saturated rings. The van der Waals surface area contributed by atoms with E-state index in [0.717, 1.165) is 15.8 Å². The predicted molar refractivity (Wildman–Crippen MR) is 85.6 cm³/mol. The normalized spacial score (nSPS) is 21.9. The number of rotatable bonds is 2. The number of nitrogens with two attached hydrogens (primary N) is 1. The van der Waals surface area contributed by atoms with Gasteiger partial charge in [0, 0.05) is 24.0 Å². The van der Waals surface area contributed by atoms with Crippen LogP contribution in [0.15, 0.2) is 4.47 Å². The molecule has 1 atom stereocenters. The molecule has 1 aliphatic rings. The number of carbonyl (C=O) groups excluding carboxylic acids is 1. The molecule has 20 heavy (non-hydrogen) atoms. The van der Waals surface area contributed by atoms with E-state index in [1.807, 2.05) is 11.8 Å². The second-order valence-corrected chi connectivity index (χ2v) is 7.96. The Morgan fingerprint density at radius 1 is 1.55 bits per heavy atom. The maximum Gasteiger partial charge on any atom is 0.267 e. The smallest absolute Gasteiger partial charge is 0.267 e. The van der Waals surface area contributed by atoms with Gasteiger partial charge in [-0.2, -0.15) is 0 Å². The van der Waals surface area contributed by atoms with Crippen molar-refractivity contribution in [3.63, 3.8) is 0 Å². The number of methoxy groups -OCH3 is 1. The molecule has 1 saturated heterocycles. The number of ether oxygens (including phenoxy) is 1. The summed E-state index contributed by atoms with van der Waals surface area (Å²) < 4.78 is 6.25. The van der Waals surface area contributed by atoms with Gasteiger partial charge in [0.05, 0.1) is 11.6 Å². The molecule has 1 aromatic heterocycles. The zero-order chi connectivity index (χ0) is 15.1. The summed E-state index contributed by atoms with van der Waals surface area (Å²) >= 11 is 4.95. The standard InChI is InChI=1S/C14H21BrN2O2S/c1-8-10(15)11(19-4)12(20-8)13(18)17-6-5-9(16)14(2,3)7-17/h9H,5-7,16H2,1-4H3. The Hall–Kier alpha value is -0.590. The summed E-state index contributed by atoms with van der Waals surface area (Å²) in [7, 11) is 1.60. The molecule has 1 unspecified atom stereocenters. The Bertz CT molecular complexity index is 527. The van der Waals surface area contributed by atoms with Gasteiger partial charge >= 0.3 is 0 Å². The largest absolute Gasteiger partial charge is 0.494 e. The van der Waals surface area contributed by atoms with Crippen molar-refractivity contribution in [3.8, 4) is 5.75 Å². The number of hydrogen-bond donors (Lipinski definition) is 1. The number of thiophene rings is 1. The summed E-state index contributed by atoms with van der Waals surface area (Å²) in [5.41, 5.74) is 6.08. The van der Waals surface area contributed by atoms with Crippen LogP contribution >= 0.6 is 27.3 Å². The molecular weight excluding hydrogens is 340 g/mol. The van der Waals surface area contributed by atoms with Crippen molar-refractivity contribution in [1.82, 2.24) is 4.90 Å². The van der Waals surface area contributed by atoms with E-state index >= 15 is 0 Å². The van der Waals surface area contributed by atoms with Crippen LogP contribution in [0, 0.1) is 12.3 Å². The topological polar surface area (TPSA) is 55.6 Å². The number of piperidine rings is 1. The fourth-order valence-electron chi connectivity index (χ4n) is 2.52. The highest BCUT2D eigenvalue weighted by atomic mass is 79.9. The number of amides is 1. The first-order valence-electron chi connectivity index (χ1n) is 6.65. The van der Waals surface area contributed by atoms with Gasteiger partial charge < -0.3 is 15.4 Å². The summed E-state index contributed by atoms with van der Waals surface area (Å²) in [5, 5.41) is 0. The fourth-order valence-corrected chi connectivity index (χ4v) is 4.23. The summed E-state index contributed by atoms with van der Waals surface area (Å²) in [5.74, 6) is 0.686. The minimum absolute atomic E-state index is 0.0422. The lowest BCUT2D eigenvalue weighted by molar-refractivity contribution is 0.0535. The summed E-state index contributed by atoms with van der Waals surface area (Å²) in [6.45, 7) is 7.60. The van der Waals surface area contributed by atoms with Crippen LogP contribution < -0.4 is 10.5 Å². The lowest BCUT2D eigenvalue weighted by Gasteiger charge is -2.42. The SMILES string of the molecule is COc1c(C(=O)N2CCC(N)C(C)(C)C2)sc(C)c1Br. The number of aryl methyl sites for hydroxylation is 1. The van der Waals surface area contributed by atoms with Crippen LogP contribution in [-0.2, 0) is 0 Å². The van der Waals surface area contributed by atoms with Crippen LogP contribution in [0.1, 0.15) is 34.8 Å². The van der Waals surface area contributed by atoms with Crippen molar-refractivity contribution in [1.29, 1.82) is 0 Å². The minimum Gasteiger partial charge on any atom is -0.494 e. The van der Waals surface area contributed by atoms with Gasteiger partial charge in [-0.3, -0.25) is 4.79 Å². The Morgan fingerprint density at radius 2 is 2.20 bits per heavy atom. The second kappa shape index (κ2) is 5.66. The molecule has 6 heteroatoms. The minimum atomic E-state index is -0.0509. The van der Waals surface area contributed by atoms with Crippen molar-refractivity contribution in [2.75, 3.05) is 20.2 Å². The number of likely N-dealkylation sites (tertiary alicyclic amines) is 1. The molecule has 1 aromatic rings. The molecule has 112 valence electrons. The van der Waals surface area contributed by atoms with Crippen LogP contribution in [0.4, 0.5) is 0 Å². The first kappa shape index (κ1) is 15.8. The maximum atomic E-state index is 12.7. The fraction of sp³-hybridized carbons (Fsp3) is 0.643. The Kier molecular flexibility index (Phi) is 4.47. The molecule has 0 aliphatic carbocycles. The van der Waals surface area contributed by atoms with Crippen LogP contribution in [0.5, 0.6) is 5.75 Å². The molecular formula is C14H21BrN2O2S. The zero-order valence-electron chi connectivity index (χ0n) is 12.3. The Balaban J connectivity index is 2.26. The molecule has 4 nitrogen and oxygen atoms in total. The van der Waals surface area contributed by atoms with Gasteiger partial charge in [-0.15, -0.1) is 11.3 Å². The highest BCUT2D eigenvalue weighted by Gasteiger charge is 2.37. The summed E-state index contributed by atoms with van der Waals surface area (Å²) in [6.07, 6.45) is 0.840. The van der Waals surface area contributed by atoms with Crippen molar-refractivity contribution < 1.29 is 9.53 Å². The lowest BCUT2D eigenvalue weighted by Crippen LogP contribution is -2.53. The highest BCUT2D eigenvalue weighted by Crippen LogP contribution is 2.40. The quantitative estimate of drug-likeness (QED) is 0.881. The number of carbonyl (C=O) groups is 1. The first-order valence-corrected chi connectivity index (χ1v) is 8.26.